The lowest BCUT2D eigenvalue weighted by molar-refractivity contribution is -0.165. The Morgan fingerprint density at radius 2 is 1.68 bits per heavy atom. The van der Waals surface area contributed by atoms with Crippen LogP contribution in [0.5, 0.6) is 0 Å². The standard InChI is InChI=1S/C20H26INO6/c1-3-26-18(23)16(19(24)27-4-2)17-15(21)11-8-12-22(17)20(25)28-13-14-9-6-5-7-10-14/h5-7,9-10,15-17H,3-4,8,11-13H2,1-2H3/t15-,17-/m0/s1. The Hall–Kier alpha value is -1.84. The third kappa shape index (κ3) is 5.83. The zero-order valence-corrected chi connectivity index (χ0v) is 18.3. The average molecular weight is 503 g/mol. The van der Waals surface area contributed by atoms with Gasteiger partial charge >= 0.3 is 18.0 Å². The number of carbonyl (C=O) groups is 3. The lowest BCUT2D eigenvalue weighted by atomic mass is 9.90. The molecule has 2 atom stereocenters. The number of rotatable bonds is 7. The molecule has 0 bridgehead atoms. The average Bonchev–Trinajstić information content (AvgIpc) is 2.69. The second-order valence-corrected chi connectivity index (χ2v) is 7.96. The summed E-state index contributed by atoms with van der Waals surface area (Å²) in [6.45, 7) is 4.17. The number of halogens is 1. The van der Waals surface area contributed by atoms with E-state index >= 15 is 0 Å². The molecular weight excluding hydrogens is 477 g/mol. The van der Waals surface area contributed by atoms with Crippen molar-refractivity contribution >= 4 is 40.6 Å². The second-order valence-electron chi connectivity index (χ2n) is 6.36. The first-order valence-electron chi connectivity index (χ1n) is 9.44. The fourth-order valence-corrected chi connectivity index (χ4v) is 4.46. The molecule has 8 heteroatoms. The van der Waals surface area contributed by atoms with Crippen LogP contribution in [-0.2, 0) is 30.4 Å². The van der Waals surface area contributed by atoms with Gasteiger partial charge in [0.05, 0.1) is 19.3 Å². The molecular formula is C20H26INO6. The van der Waals surface area contributed by atoms with Gasteiger partial charge in [0.25, 0.3) is 0 Å². The Balaban J connectivity index is 2.20. The summed E-state index contributed by atoms with van der Waals surface area (Å²) >= 11 is 2.18. The van der Waals surface area contributed by atoms with Gasteiger partial charge in [-0.15, -0.1) is 0 Å². The zero-order chi connectivity index (χ0) is 20.5. The van der Waals surface area contributed by atoms with Gasteiger partial charge in [0.2, 0.25) is 0 Å². The number of nitrogens with zero attached hydrogens (tertiary/aromatic N) is 1. The van der Waals surface area contributed by atoms with Gasteiger partial charge in [0, 0.05) is 10.5 Å². The van der Waals surface area contributed by atoms with Crippen molar-refractivity contribution in [2.45, 2.75) is 43.3 Å². The molecule has 0 unspecified atom stereocenters. The van der Waals surface area contributed by atoms with Crippen LogP contribution in [0.3, 0.4) is 0 Å². The van der Waals surface area contributed by atoms with Gasteiger partial charge in [-0.2, -0.15) is 0 Å². The van der Waals surface area contributed by atoms with Crippen molar-refractivity contribution in [3.63, 3.8) is 0 Å². The molecule has 154 valence electrons. The monoisotopic (exact) mass is 503 g/mol. The Morgan fingerprint density at radius 1 is 1.07 bits per heavy atom. The first-order chi connectivity index (χ1) is 13.5. The number of alkyl halides is 1. The fraction of sp³-hybridized carbons (Fsp3) is 0.550. The summed E-state index contributed by atoms with van der Waals surface area (Å²) in [5, 5.41) is 0. The van der Waals surface area contributed by atoms with Crippen LogP contribution in [0.1, 0.15) is 32.3 Å². The smallest absolute Gasteiger partial charge is 0.410 e. The van der Waals surface area contributed by atoms with Gasteiger partial charge < -0.3 is 19.1 Å². The van der Waals surface area contributed by atoms with Crippen molar-refractivity contribution in [3.05, 3.63) is 35.9 Å². The Morgan fingerprint density at radius 3 is 2.25 bits per heavy atom. The summed E-state index contributed by atoms with van der Waals surface area (Å²) in [6.07, 6.45) is 1.00. The summed E-state index contributed by atoms with van der Waals surface area (Å²) in [4.78, 5) is 39.4. The predicted octanol–water partition coefficient (Wildman–Crippen LogP) is 3.33. The molecule has 0 aliphatic carbocycles. The lowest BCUT2D eigenvalue weighted by Gasteiger charge is -2.40. The first kappa shape index (κ1) is 22.4. The summed E-state index contributed by atoms with van der Waals surface area (Å²) < 4.78 is 15.6. The van der Waals surface area contributed by atoms with Crippen LogP contribution in [0.4, 0.5) is 4.79 Å². The quantitative estimate of drug-likeness (QED) is 0.187. The molecule has 1 aromatic carbocycles. The zero-order valence-electron chi connectivity index (χ0n) is 16.1. The Bertz CT molecular complexity index is 650. The molecule has 2 rings (SSSR count). The highest BCUT2D eigenvalue weighted by molar-refractivity contribution is 14.1. The van der Waals surface area contributed by atoms with E-state index in [-0.39, 0.29) is 23.7 Å². The van der Waals surface area contributed by atoms with E-state index in [1.54, 1.807) is 13.8 Å². The number of ether oxygens (including phenoxy) is 3. The van der Waals surface area contributed by atoms with Crippen molar-refractivity contribution in [1.29, 1.82) is 0 Å². The summed E-state index contributed by atoms with van der Waals surface area (Å²) in [5.74, 6) is -2.53. The number of amides is 1. The molecule has 1 amide bonds. The summed E-state index contributed by atoms with van der Waals surface area (Å²) in [5.41, 5.74) is 0.864. The van der Waals surface area contributed by atoms with Gasteiger partial charge in [0.1, 0.15) is 6.61 Å². The highest BCUT2D eigenvalue weighted by Gasteiger charge is 2.47. The fourth-order valence-electron chi connectivity index (χ4n) is 3.21. The Kier molecular flexibility index (Phi) is 9.01. The summed E-state index contributed by atoms with van der Waals surface area (Å²) in [7, 11) is 0. The molecule has 7 nitrogen and oxygen atoms in total. The molecule has 0 N–H and O–H groups in total. The van der Waals surface area contributed by atoms with Crippen LogP contribution < -0.4 is 0 Å². The largest absolute Gasteiger partial charge is 0.465 e. The van der Waals surface area contributed by atoms with Crippen LogP contribution in [0.25, 0.3) is 0 Å². The van der Waals surface area contributed by atoms with E-state index < -0.39 is 30.0 Å². The highest BCUT2D eigenvalue weighted by atomic mass is 127. The predicted molar refractivity (Wildman–Crippen MR) is 111 cm³/mol. The Labute approximate surface area is 178 Å². The van der Waals surface area contributed by atoms with Crippen molar-refractivity contribution in [2.24, 2.45) is 5.92 Å². The molecule has 1 aliphatic heterocycles. The van der Waals surface area contributed by atoms with Crippen LogP contribution in [0, 0.1) is 5.92 Å². The summed E-state index contributed by atoms with van der Waals surface area (Å²) in [6, 6.07) is 8.67. The number of esters is 2. The maximum atomic E-state index is 12.8. The van der Waals surface area contributed by atoms with E-state index in [1.807, 2.05) is 30.3 Å². The van der Waals surface area contributed by atoms with Crippen molar-refractivity contribution < 1.29 is 28.6 Å². The maximum Gasteiger partial charge on any atom is 0.410 e. The van der Waals surface area contributed by atoms with Crippen LogP contribution >= 0.6 is 22.6 Å². The number of likely N-dealkylation sites (tertiary alicyclic amines) is 1. The van der Waals surface area contributed by atoms with Gasteiger partial charge in [-0.3, -0.25) is 9.59 Å². The molecule has 0 radical (unpaired) electrons. The van der Waals surface area contributed by atoms with Crippen LogP contribution in [-0.4, -0.2) is 52.7 Å². The minimum Gasteiger partial charge on any atom is -0.465 e. The molecule has 0 spiro atoms. The number of piperidine rings is 1. The number of hydrogen-bond donors (Lipinski definition) is 0. The van der Waals surface area contributed by atoms with Crippen molar-refractivity contribution in [3.8, 4) is 0 Å². The minimum absolute atomic E-state index is 0.102. The lowest BCUT2D eigenvalue weighted by Crippen LogP contribution is -2.57. The molecule has 28 heavy (non-hydrogen) atoms. The van der Waals surface area contributed by atoms with Crippen molar-refractivity contribution in [1.82, 2.24) is 4.90 Å². The SMILES string of the molecule is CCOC(=O)C(C(=O)OCC)[C@@H]1[C@@H](I)CCCN1C(=O)OCc1ccccc1. The number of benzene rings is 1. The van der Waals surface area contributed by atoms with Crippen LogP contribution in [0.2, 0.25) is 0 Å². The van der Waals surface area contributed by atoms with E-state index in [2.05, 4.69) is 22.6 Å². The van der Waals surface area contributed by atoms with Gasteiger partial charge in [-0.25, -0.2) is 4.79 Å². The number of carbonyl (C=O) groups excluding carboxylic acids is 3. The van der Waals surface area contributed by atoms with Gasteiger partial charge in [0.15, 0.2) is 5.92 Å². The van der Waals surface area contributed by atoms with Crippen LogP contribution in [0.15, 0.2) is 30.3 Å². The molecule has 1 fully saturated rings. The van der Waals surface area contributed by atoms with E-state index in [0.717, 1.165) is 18.4 Å². The topological polar surface area (TPSA) is 82.1 Å². The van der Waals surface area contributed by atoms with E-state index in [1.165, 1.54) is 4.90 Å². The van der Waals surface area contributed by atoms with Gasteiger partial charge in [-0.05, 0) is 32.3 Å². The third-order valence-electron chi connectivity index (χ3n) is 4.47. The molecule has 1 saturated heterocycles. The van der Waals surface area contributed by atoms with E-state index in [9.17, 15) is 14.4 Å². The first-order valence-corrected chi connectivity index (χ1v) is 10.7. The number of hydrogen-bond acceptors (Lipinski definition) is 6. The minimum atomic E-state index is -1.19. The maximum absolute atomic E-state index is 12.8. The van der Waals surface area contributed by atoms with Crippen molar-refractivity contribution in [2.75, 3.05) is 19.8 Å². The molecule has 1 aromatic rings. The van der Waals surface area contributed by atoms with E-state index in [0.29, 0.717) is 6.54 Å². The van der Waals surface area contributed by atoms with E-state index in [4.69, 9.17) is 14.2 Å². The second kappa shape index (κ2) is 11.2. The normalized spacial score (nSPS) is 19.2. The molecule has 0 aromatic heterocycles. The van der Waals surface area contributed by atoms with Gasteiger partial charge in [-0.1, -0.05) is 52.9 Å². The highest BCUT2D eigenvalue weighted by Crippen LogP contribution is 2.31. The molecule has 1 aliphatic rings. The molecule has 1 heterocycles. The third-order valence-corrected chi connectivity index (χ3v) is 5.83. The molecule has 0 saturated carbocycles.